The molecule has 3 aromatic heterocycles. The largest absolute Gasteiger partial charge is 1.00 e. The van der Waals surface area contributed by atoms with Crippen molar-refractivity contribution in [2.45, 2.75) is 75.0 Å². The highest BCUT2D eigenvalue weighted by atomic mass is 35.5. The summed E-state index contributed by atoms with van der Waals surface area (Å²) < 4.78 is 79.3. The number of nitro benzene ring substituents is 5. The van der Waals surface area contributed by atoms with Crippen molar-refractivity contribution in [1.82, 2.24) is 19.0 Å². The molecule has 6 aromatic carbocycles. The van der Waals surface area contributed by atoms with Crippen LogP contribution in [0.1, 0.15) is 56.7 Å². The Kier molecular flexibility index (Phi) is 37.6. The Hall–Kier alpha value is -10.8. The molecule has 6 fully saturated rings. The van der Waals surface area contributed by atoms with Gasteiger partial charge in [-0.25, -0.2) is 40.2 Å². The Morgan fingerprint density at radius 3 is 0.957 bits per heavy atom. The Morgan fingerprint density at radius 1 is 0.440 bits per heavy atom. The first-order valence-electron chi connectivity index (χ1n) is 36.0. The number of benzene rings is 6. The van der Waals surface area contributed by atoms with Crippen LogP contribution in [0, 0.1) is 56.4 Å². The van der Waals surface area contributed by atoms with Crippen molar-refractivity contribution >= 4 is 95.2 Å². The van der Waals surface area contributed by atoms with Crippen LogP contribution in [0.3, 0.4) is 0 Å². The van der Waals surface area contributed by atoms with E-state index in [9.17, 15) is 68.5 Å². The summed E-state index contributed by atoms with van der Waals surface area (Å²) in [4.78, 5) is 61.1. The Morgan fingerprint density at radius 2 is 0.716 bits per heavy atom. The third-order valence-corrected chi connectivity index (χ3v) is 19.4. The molecule has 0 amide bonds. The second-order valence-corrected chi connectivity index (χ2v) is 30.6. The Balaban J connectivity index is 0.000000242. The smallest absolute Gasteiger partial charge is 0.269 e. The summed E-state index contributed by atoms with van der Waals surface area (Å²) in [6.07, 6.45) is 25.4. The topological polar surface area (TPSA) is 437 Å². The molecule has 15 rings (SSSR count). The van der Waals surface area contributed by atoms with Gasteiger partial charge in [-0.05, 0) is 111 Å². The van der Waals surface area contributed by atoms with Gasteiger partial charge in [0.2, 0.25) is 19.0 Å². The van der Waals surface area contributed by atoms with Crippen molar-refractivity contribution in [1.29, 1.82) is 0 Å². The van der Waals surface area contributed by atoms with Gasteiger partial charge in [0.15, 0.2) is 0 Å². The number of nitrogens with two attached hydrogens (primary N) is 1. The molecule has 0 radical (unpaired) electrons. The van der Waals surface area contributed by atoms with Crippen molar-refractivity contribution in [3.05, 3.63) is 258 Å². The molecule has 0 saturated carbocycles. The lowest BCUT2D eigenvalue weighted by molar-refractivity contribution is -0.671. The third-order valence-electron chi connectivity index (χ3n) is 18.8. The summed E-state index contributed by atoms with van der Waals surface area (Å²) in [5, 5.41) is 73.3. The minimum absolute atomic E-state index is 0. The van der Waals surface area contributed by atoms with Gasteiger partial charge in [-0.2, -0.15) is 8.42 Å². The van der Waals surface area contributed by atoms with E-state index in [1.165, 1.54) is 36.4 Å². The molecular weight excluding hydrogens is 1620 g/mol. The van der Waals surface area contributed by atoms with Crippen LogP contribution >= 0.6 is 12.4 Å². The number of hydrogen-bond donors (Lipinski definition) is 4. The molecule has 116 heavy (non-hydrogen) atoms. The van der Waals surface area contributed by atoms with Gasteiger partial charge < -0.3 is 75.1 Å². The number of non-ortho nitro benzene ring substituents is 5. The predicted octanol–water partition coefficient (Wildman–Crippen LogP) is 1.67. The van der Waals surface area contributed by atoms with Crippen LogP contribution < -0.4 is 74.1 Å². The molecule has 6 saturated heterocycles. The first kappa shape index (κ1) is 95.8. The van der Waals surface area contributed by atoms with E-state index in [1.54, 1.807) is 48.5 Å². The number of β-amino-alcohol motifs (C(OH)–C–C–N with tert-alkyl or cyclic N) is 2. The third kappa shape index (κ3) is 31.5. The second-order valence-electron chi connectivity index (χ2n) is 27.6. The number of nitro groups is 5. The summed E-state index contributed by atoms with van der Waals surface area (Å²) in [6.45, 7) is 10.3. The van der Waals surface area contributed by atoms with Crippen LogP contribution in [0.4, 0.5) is 67.0 Å². The molecular formula is C74H96Cl3FN18O18S2. The minimum atomic E-state index is -3.92. The fraction of sp³-hybridized carbons (Fsp3) is 0.392. The highest BCUT2D eigenvalue weighted by Crippen LogP contribution is 2.32. The zero-order valence-electron chi connectivity index (χ0n) is 64.3. The molecule has 36 nitrogen and oxygen atoms in total. The standard InChI is InChI=1S/2C14H17N4O2.C14H19N4.C11H14N2O5S.C10H12N2O3.C6H4FNO2.C4H9NO.CH4O3S.3ClH/c2*1-15-8-9-17(11-15)14-6-7-16(10-14)12-2-4-13(5-3-12)18(19)20;1-16-8-9-18(11-16)14-6-7-17(10-14)13-4-2-12(15)3-5-13;1-19(16,17)18-11-6-7-12(8-11)9-2-4-10(5-3-9)13(14)15;13-10-5-6-11(7-10)8-1-3-9(4-2-8)12(14)15;7-5-1-3-6(4-2-5)8(9)10;6-4-1-2-5-3-4;1-5(2,3)4;;;/h2*2-5,8-9,11,14H,6-7,10H2,1H3;2-5,8-9,11,14H,6-7,10,15H2,1H3;2-5,11H,6-8H2,1H3;1-4,10,13H,5-7H2;1-4H;4-6H,1-3H2;1H3,(H,2,3,4);3*1H/q3*+1;;;;;;;;/p-3. The van der Waals surface area contributed by atoms with E-state index in [-0.39, 0.29) is 93.8 Å². The number of aromatic nitrogens is 6. The van der Waals surface area contributed by atoms with Gasteiger partial charge in [0.1, 0.15) is 61.1 Å². The van der Waals surface area contributed by atoms with Crippen molar-refractivity contribution < 1.29 is 103 Å². The van der Waals surface area contributed by atoms with Crippen LogP contribution in [-0.2, 0) is 45.6 Å². The molecule has 9 aromatic rings. The average molecular weight is 1720 g/mol. The molecule has 630 valence electrons. The normalized spacial score (nSPS) is 18.3. The maximum atomic E-state index is 12.1. The number of nitrogens with zero attached hydrogens (tertiary/aromatic N) is 16. The van der Waals surface area contributed by atoms with E-state index < -0.39 is 40.8 Å². The number of halogens is 4. The first-order chi connectivity index (χ1) is 53.6. The van der Waals surface area contributed by atoms with Crippen LogP contribution in [0.15, 0.2) is 202 Å². The number of aliphatic hydroxyl groups is 2. The fourth-order valence-corrected chi connectivity index (χ4v) is 13.7. The zero-order valence-corrected chi connectivity index (χ0v) is 68.2. The van der Waals surface area contributed by atoms with Gasteiger partial charge in [-0.15, -0.1) is 12.4 Å². The van der Waals surface area contributed by atoms with Crippen LogP contribution in [0.2, 0.25) is 0 Å². The van der Waals surface area contributed by atoms with Gasteiger partial charge in [0.05, 0.1) is 100 Å². The molecule has 5 N–H and O–H groups in total. The number of aryl methyl sites for hydroxylation is 3. The van der Waals surface area contributed by atoms with Gasteiger partial charge in [0, 0.05) is 173 Å². The summed E-state index contributed by atoms with van der Waals surface area (Å²) in [5.41, 5.74) is 12.0. The monoisotopic (exact) mass is 1710 g/mol. The number of rotatable bonds is 15. The van der Waals surface area contributed by atoms with Crippen molar-refractivity contribution in [3.63, 3.8) is 0 Å². The summed E-state index contributed by atoms with van der Waals surface area (Å²) in [6, 6.07) is 40.2. The van der Waals surface area contributed by atoms with Crippen LogP contribution in [-0.4, -0.2) is 179 Å². The van der Waals surface area contributed by atoms with Crippen molar-refractivity contribution in [3.8, 4) is 0 Å². The number of hydrogen-bond acceptors (Lipinski definition) is 25. The molecule has 6 aliphatic heterocycles. The van der Waals surface area contributed by atoms with E-state index in [1.807, 2.05) is 81.8 Å². The number of imidazole rings is 3. The van der Waals surface area contributed by atoms with Crippen molar-refractivity contribution in [2.24, 2.45) is 21.1 Å². The first-order valence-corrected chi connectivity index (χ1v) is 39.7. The Bertz CT molecular complexity index is 4690. The van der Waals surface area contributed by atoms with E-state index in [0.717, 1.165) is 144 Å². The molecule has 0 bridgehead atoms. The molecule has 6 aliphatic rings. The maximum Gasteiger partial charge on any atom is 0.269 e. The number of anilines is 6. The highest BCUT2D eigenvalue weighted by molar-refractivity contribution is 7.86. The van der Waals surface area contributed by atoms with E-state index >= 15 is 0 Å². The zero-order chi connectivity index (χ0) is 82.1. The fourth-order valence-electron chi connectivity index (χ4n) is 13.0. The van der Waals surface area contributed by atoms with E-state index in [2.05, 4.69) is 101 Å². The summed E-state index contributed by atoms with van der Waals surface area (Å²) in [7, 11) is -1.28. The lowest BCUT2D eigenvalue weighted by Gasteiger charge is -2.18. The number of aliphatic hydroxyl groups excluding tert-OH is 2. The summed E-state index contributed by atoms with van der Waals surface area (Å²) in [5.74, 6) is -0.467. The minimum Gasteiger partial charge on any atom is -1.00 e. The van der Waals surface area contributed by atoms with Crippen LogP contribution in [0.25, 0.3) is 0 Å². The quantitative estimate of drug-likeness (QED) is 0.0283. The molecule has 6 atom stereocenters. The molecule has 0 spiro atoms. The van der Waals surface area contributed by atoms with E-state index in [4.69, 9.17) is 28.0 Å². The predicted molar refractivity (Wildman–Crippen MR) is 426 cm³/mol. The van der Waals surface area contributed by atoms with Gasteiger partial charge in [-0.1, -0.05) is 0 Å². The van der Waals surface area contributed by atoms with Gasteiger partial charge >= 0.3 is 0 Å². The summed E-state index contributed by atoms with van der Waals surface area (Å²) >= 11 is 0. The Labute approximate surface area is 689 Å². The molecule has 9 heterocycles. The molecule has 42 heteroatoms. The van der Waals surface area contributed by atoms with Crippen molar-refractivity contribution in [2.75, 3.05) is 121 Å². The van der Waals surface area contributed by atoms with Gasteiger partial charge in [-0.3, -0.25) is 54.8 Å². The van der Waals surface area contributed by atoms with Crippen LogP contribution in [0.5, 0.6) is 0 Å². The molecule has 6 unspecified atom stereocenters. The lowest BCUT2D eigenvalue weighted by atomic mass is 10.2. The average Bonchev–Trinajstić information content (AvgIpc) is 1.69. The number of nitrogens with one attached hydrogen (secondary N) is 1. The SMILES string of the molecule is CS(=O)(=O)OC1CCN(c2ccc([N+](=O)[O-])cc2)C1.CS(=O)(=O)[O-].C[n+]1ccn(C2CCN(c3ccc(N)cc3)C2)c1.C[n+]1ccn(C2CCN(c3ccc([N+](=O)[O-])cc3)C2)c1.C[n+]1ccn(C2CCN(c3ccc([N+](=O)[O-])cc3)C2)c1.Cl.O=[N+]([O-])c1ccc(F)cc1.O=[N+]([O-])c1ccc(N2CCC(O)C2)cc1.OC1CCNC1.[Cl-].[Cl-]. The van der Waals surface area contributed by atoms with Gasteiger partial charge in [0.25, 0.3) is 38.6 Å². The second kappa shape index (κ2) is 45.5. The lowest BCUT2D eigenvalue weighted by Crippen LogP contribution is -3.00. The maximum absolute atomic E-state index is 12.1. The van der Waals surface area contributed by atoms with E-state index in [0.29, 0.717) is 50.4 Å². The number of nitrogen functional groups attached to an aromatic ring is 1. The highest BCUT2D eigenvalue weighted by Gasteiger charge is 2.32. The molecule has 0 aliphatic carbocycles.